The molecule has 148 valence electrons. The van der Waals surface area contributed by atoms with E-state index in [9.17, 15) is 4.39 Å². The largest absolute Gasteiger partial charge is 0.497 e. The minimum absolute atomic E-state index is 0.138. The van der Waals surface area contributed by atoms with E-state index in [2.05, 4.69) is 36.1 Å². The van der Waals surface area contributed by atoms with E-state index < -0.39 is 0 Å². The third-order valence-corrected chi connectivity index (χ3v) is 6.35. The summed E-state index contributed by atoms with van der Waals surface area (Å²) < 4.78 is 19.3. The van der Waals surface area contributed by atoms with E-state index in [1.807, 2.05) is 12.1 Å². The number of nitrogens with zero attached hydrogens (tertiary/aromatic N) is 1. The molecule has 1 saturated heterocycles. The zero-order valence-electron chi connectivity index (χ0n) is 17.0. The van der Waals surface area contributed by atoms with Crippen LogP contribution in [0.4, 0.5) is 4.39 Å². The zero-order chi connectivity index (χ0) is 19.5. The van der Waals surface area contributed by atoms with Crippen molar-refractivity contribution in [3.63, 3.8) is 0 Å². The highest BCUT2D eigenvalue weighted by atomic mass is 19.1. The first-order chi connectivity index (χ1) is 13.6. The van der Waals surface area contributed by atoms with E-state index in [-0.39, 0.29) is 5.82 Å². The molecule has 2 aliphatic rings. The maximum atomic E-state index is 13.8. The molecule has 3 heteroatoms. The molecule has 2 aromatic carbocycles. The zero-order valence-corrected chi connectivity index (χ0v) is 17.0. The fourth-order valence-electron chi connectivity index (χ4n) is 4.84. The number of piperidine rings is 1. The number of methoxy groups -OCH3 is 1. The van der Waals surface area contributed by atoms with Gasteiger partial charge in [-0.2, -0.15) is 0 Å². The lowest BCUT2D eigenvalue weighted by Crippen LogP contribution is -2.45. The molecule has 1 heterocycles. The topological polar surface area (TPSA) is 12.5 Å². The van der Waals surface area contributed by atoms with Crippen LogP contribution in [-0.2, 0) is 13.0 Å². The summed E-state index contributed by atoms with van der Waals surface area (Å²) in [7, 11) is 1.72. The smallest absolute Gasteiger partial charge is 0.123 e. The molecular weight excluding hydrogens is 349 g/mol. The fraction of sp³-hybridized carbons (Fsp3) is 0.440. The minimum Gasteiger partial charge on any atom is -0.497 e. The van der Waals surface area contributed by atoms with Gasteiger partial charge in [-0.05, 0) is 80.0 Å². The van der Waals surface area contributed by atoms with Crippen LogP contribution >= 0.6 is 0 Å². The van der Waals surface area contributed by atoms with Crippen molar-refractivity contribution in [1.82, 2.24) is 4.90 Å². The summed E-state index contributed by atoms with van der Waals surface area (Å²) >= 11 is 0. The summed E-state index contributed by atoms with van der Waals surface area (Å²) in [6, 6.07) is 14.6. The van der Waals surface area contributed by atoms with Crippen molar-refractivity contribution < 1.29 is 9.13 Å². The molecule has 2 atom stereocenters. The Morgan fingerprint density at radius 1 is 1.07 bits per heavy atom. The maximum absolute atomic E-state index is 13.8. The number of hydrogen-bond acceptors (Lipinski definition) is 2. The van der Waals surface area contributed by atoms with Gasteiger partial charge in [0.25, 0.3) is 0 Å². The molecule has 0 aromatic heterocycles. The second kappa shape index (κ2) is 8.48. The van der Waals surface area contributed by atoms with E-state index >= 15 is 0 Å². The van der Waals surface area contributed by atoms with Crippen molar-refractivity contribution in [2.45, 2.75) is 64.1 Å². The standard InChI is InChI=1S/C25H30FNO/c1-18-6-3-11-25(27(18)17-19-7-4-10-24(14-19)28-2)21-9-5-8-20-12-13-23(26)16-22(20)15-21/h4,7,10,12-16,18,25H,3,5-6,8-9,11,17H2,1-2H3. The van der Waals surface area contributed by atoms with Crippen molar-refractivity contribution >= 4 is 6.08 Å². The Hall–Kier alpha value is -2.13. The first-order valence-electron chi connectivity index (χ1n) is 10.5. The molecule has 0 bridgehead atoms. The molecule has 1 aliphatic heterocycles. The lowest BCUT2D eigenvalue weighted by atomic mass is 9.88. The molecular formula is C25H30FNO. The van der Waals surface area contributed by atoms with Crippen LogP contribution in [0.3, 0.4) is 0 Å². The summed E-state index contributed by atoms with van der Waals surface area (Å²) in [6.45, 7) is 3.27. The molecule has 2 aromatic rings. The van der Waals surface area contributed by atoms with Crippen molar-refractivity contribution in [3.8, 4) is 5.75 Å². The first kappa shape index (κ1) is 19.2. The molecule has 2 unspecified atom stereocenters. The fourth-order valence-corrected chi connectivity index (χ4v) is 4.84. The van der Waals surface area contributed by atoms with Crippen molar-refractivity contribution in [1.29, 1.82) is 0 Å². The number of aryl methyl sites for hydroxylation is 1. The second-order valence-electron chi connectivity index (χ2n) is 8.24. The lowest BCUT2D eigenvalue weighted by molar-refractivity contribution is 0.103. The van der Waals surface area contributed by atoms with Crippen LogP contribution in [0.15, 0.2) is 48.0 Å². The average Bonchev–Trinajstić information content (AvgIpc) is 2.91. The van der Waals surface area contributed by atoms with Crippen LogP contribution in [0.25, 0.3) is 6.08 Å². The van der Waals surface area contributed by atoms with E-state index in [0.717, 1.165) is 37.1 Å². The quantitative estimate of drug-likeness (QED) is 0.646. The molecule has 1 aliphatic carbocycles. The van der Waals surface area contributed by atoms with Crippen molar-refractivity contribution in [2.24, 2.45) is 0 Å². The van der Waals surface area contributed by atoms with Crippen LogP contribution in [0.2, 0.25) is 0 Å². The van der Waals surface area contributed by atoms with Gasteiger partial charge < -0.3 is 4.74 Å². The van der Waals surface area contributed by atoms with Gasteiger partial charge in [0.15, 0.2) is 0 Å². The molecule has 0 saturated carbocycles. The van der Waals surface area contributed by atoms with Gasteiger partial charge in [-0.1, -0.05) is 36.3 Å². The van der Waals surface area contributed by atoms with Gasteiger partial charge in [-0.15, -0.1) is 0 Å². The molecule has 4 rings (SSSR count). The minimum atomic E-state index is -0.138. The number of ether oxygens (including phenoxy) is 1. The Kier molecular flexibility index (Phi) is 5.82. The summed E-state index contributed by atoms with van der Waals surface area (Å²) in [4.78, 5) is 2.65. The van der Waals surface area contributed by atoms with E-state index in [0.29, 0.717) is 12.1 Å². The van der Waals surface area contributed by atoms with Gasteiger partial charge in [-0.25, -0.2) is 4.39 Å². The number of benzene rings is 2. The van der Waals surface area contributed by atoms with E-state index in [1.165, 1.54) is 36.0 Å². The number of likely N-dealkylation sites (tertiary alicyclic amines) is 1. The lowest BCUT2D eigenvalue weighted by Gasteiger charge is -2.42. The third kappa shape index (κ3) is 4.15. The van der Waals surface area contributed by atoms with Crippen LogP contribution in [0.1, 0.15) is 55.7 Å². The highest BCUT2D eigenvalue weighted by Gasteiger charge is 2.31. The average molecular weight is 380 g/mol. The van der Waals surface area contributed by atoms with Gasteiger partial charge in [-0.3, -0.25) is 4.90 Å². The summed E-state index contributed by atoms with van der Waals surface area (Å²) in [5.41, 5.74) is 5.12. The van der Waals surface area contributed by atoms with Crippen molar-refractivity contribution in [2.75, 3.05) is 7.11 Å². The molecule has 0 spiro atoms. The maximum Gasteiger partial charge on any atom is 0.123 e. The van der Waals surface area contributed by atoms with E-state index in [1.54, 1.807) is 19.2 Å². The van der Waals surface area contributed by atoms with Gasteiger partial charge in [0.1, 0.15) is 11.6 Å². The Bertz CT molecular complexity index is 859. The van der Waals surface area contributed by atoms with Gasteiger partial charge in [0.2, 0.25) is 0 Å². The Morgan fingerprint density at radius 3 is 2.82 bits per heavy atom. The van der Waals surface area contributed by atoms with E-state index in [4.69, 9.17) is 4.74 Å². The van der Waals surface area contributed by atoms with Crippen LogP contribution < -0.4 is 4.74 Å². The molecule has 0 amide bonds. The van der Waals surface area contributed by atoms with Gasteiger partial charge in [0, 0.05) is 18.6 Å². The molecule has 0 N–H and O–H groups in total. The van der Waals surface area contributed by atoms with Crippen LogP contribution in [0, 0.1) is 5.82 Å². The van der Waals surface area contributed by atoms with Crippen LogP contribution in [-0.4, -0.2) is 24.1 Å². The summed E-state index contributed by atoms with van der Waals surface area (Å²) in [6.07, 6.45) is 9.24. The van der Waals surface area contributed by atoms with Crippen molar-refractivity contribution in [3.05, 3.63) is 70.5 Å². The number of hydrogen-bond donors (Lipinski definition) is 0. The first-order valence-corrected chi connectivity index (χ1v) is 10.5. The molecule has 0 radical (unpaired) electrons. The monoisotopic (exact) mass is 379 g/mol. The second-order valence-corrected chi connectivity index (χ2v) is 8.24. The predicted molar refractivity (Wildman–Crippen MR) is 113 cm³/mol. The highest BCUT2D eigenvalue weighted by molar-refractivity contribution is 5.59. The number of halogens is 1. The van der Waals surface area contributed by atoms with Gasteiger partial charge >= 0.3 is 0 Å². The third-order valence-electron chi connectivity index (χ3n) is 6.35. The SMILES string of the molecule is COc1cccc(CN2C(C)CCCC2C2=Cc3cc(F)ccc3CCC2)c1. The number of rotatable bonds is 4. The highest BCUT2D eigenvalue weighted by Crippen LogP contribution is 2.35. The van der Waals surface area contributed by atoms with Gasteiger partial charge in [0.05, 0.1) is 7.11 Å². The summed E-state index contributed by atoms with van der Waals surface area (Å²) in [5.74, 6) is 0.776. The Morgan fingerprint density at radius 2 is 1.96 bits per heavy atom. The summed E-state index contributed by atoms with van der Waals surface area (Å²) in [5, 5.41) is 0. The molecule has 28 heavy (non-hydrogen) atoms. The predicted octanol–water partition coefficient (Wildman–Crippen LogP) is 6.00. The van der Waals surface area contributed by atoms with Crippen LogP contribution in [0.5, 0.6) is 5.75 Å². The number of fused-ring (bicyclic) bond motifs is 1. The Labute approximate surface area is 168 Å². The normalized spacial score (nSPS) is 22.9. The molecule has 2 nitrogen and oxygen atoms in total. The Balaban J connectivity index is 1.64. The molecule has 1 fully saturated rings.